The zero-order chi connectivity index (χ0) is 14.4. The van der Waals surface area contributed by atoms with Crippen LogP contribution in [0, 0.1) is 0 Å². The number of halogens is 4. The summed E-state index contributed by atoms with van der Waals surface area (Å²) in [5.41, 5.74) is -3.03. The van der Waals surface area contributed by atoms with Crippen LogP contribution in [0.2, 0.25) is 0 Å². The van der Waals surface area contributed by atoms with E-state index in [0.717, 1.165) is 6.07 Å². The summed E-state index contributed by atoms with van der Waals surface area (Å²) in [5, 5.41) is 13.2. The van der Waals surface area contributed by atoms with Gasteiger partial charge in [0.25, 0.3) is 11.7 Å². The minimum Gasteiger partial charge on any atom is -0.410 e. The molecule has 0 aromatic heterocycles. The first-order valence-corrected chi connectivity index (χ1v) is 5.54. The van der Waals surface area contributed by atoms with E-state index in [-0.39, 0.29) is 10.2 Å². The van der Waals surface area contributed by atoms with Crippen LogP contribution in [0.25, 0.3) is 0 Å². The summed E-state index contributed by atoms with van der Waals surface area (Å²) in [4.78, 5) is 22.7. The molecule has 100 valence electrons. The molecular formula is C10H4BrF3N2O3. The SMILES string of the molecule is O=C1Nc2ccc(Br)c(C(F)(F)F)c2/C(=N/O)C1=O. The van der Waals surface area contributed by atoms with E-state index in [4.69, 9.17) is 5.21 Å². The Balaban J connectivity index is 2.84. The van der Waals surface area contributed by atoms with Crippen molar-refractivity contribution in [2.24, 2.45) is 5.16 Å². The predicted molar refractivity (Wildman–Crippen MR) is 61.1 cm³/mol. The van der Waals surface area contributed by atoms with Gasteiger partial charge in [-0.1, -0.05) is 21.1 Å². The first kappa shape index (κ1) is 13.5. The zero-order valence-corrected chi connectivity index (χ0v) is 10.5. The summed E-state index contributed by atoms with van der Waals surface area (Å²) in [6, 6.07) is 2.25. The fourth-order valence-corrected chi connectivity index (χ4v) is 2.26. The van der Waals surface area contributed by atoms with Crippen molar-refractivity contribution in [3.05, 3.63) is 27.7 Å². The largest absolute Gasteiger partial charge is 0.418 e. The normalized spacial score (nSPS) is 17.4. The van der Waals surface area contributed by atoms with E-state index in [1.165, 1.54) is 6.07 Å². The second-order valence-corrected chi connectivity index (χ2v) is 4.43. The molecule has 1 heterocycles. The van der Waals surface area contributed by atoms with Crippen LogP contribution in [-0.4, -0.2) is 22.6 Å². The molecule has 0 aliphatic carbocycles. The van der Waals surface area contributed by atoms with Crippen molar-refractivity contribution < 1.29 is 28.0 Å². The Morgan fingerprint density at radius 3 is 2.42 bits per heavy atom. The van der Waals surface area contributed by atoms with Gasteiger partial charge >= 0.3 is 6.18 Å². The van der Waals surface area contributed by atoms with Crippen LogP contribution < -0.4 is 5.32 Å². The van der Waals surface area contributed by atoms with E-state index < -0.39 is 34.7 Å². The van der Waals surface area contributed by atoms with Crippen molar-refractivity contribution >= 4 is 39.0 Å². The number of fused-ring (bicyclic) bond motifs is 1. The quantitative estimate of drug-likeness (QED) is 0.433. The Bertz CT molecular complexity index is 625. The molecule has 2 rings (SSSR count). The Kier molecular flexibility index (Phi) is 3.09. The fourth-order valence-electron chi connectivity index (χ4n) is 1.70. The molecule has 0 radical (unpaired) electrons. The third-order valence-electron chi connectivity index (χ3n) is 2.44. The van der Waals surface area contributed by atoms with E-state index in [1.807, 2.05) is 5.32 Å². The van der Waals surface area contributed by atoms with Gasteiger partial charge in [-0.2, -0.15) is 13.2 Å². The average Bonchev–Trinajstić information content (AvgIpc) is 2.30. The fraction of sp³-hybridized carbons (Fsp3) is 0.100. The van der Waals surface area contributed by atoms with Gasteiger partial charge in [0, 0.05) is 10.0 Å². The molecular weight excluding hydrogens is 333 g/mol. The molecule has 0 fully saturated rings. The number of hydrogen-bond acceptors (Lipinski definition) is 4. The molecule has 1 amide bonds. The zero-order valence-electron chi connectivity index (χ0n) is 8.88. The van der Waals surface area contributed by atoms with Crippen molar-refractivity contribution in [1.82, 2.24) is 0 Å². The molecule has 9 heteroatoms. The molecule has 5 nitrogen and oxygen atoms in total. The van der Waals surface area contributed by atoms with Gasteiger partial charge in [-0.05, 0) is 12.1 Å². The van der Waals surface area contributed by atoms with Gasteiger partial charge < -0.3 is 10.5 Å². The topological polar surface area (TPSA) is 78.8 Å². The molecule has 0 saturated carbocycles. The standard InChI is InChI=1S/C10H4BrF3N2O3/c11-3-1-2-4-5(6(3)10(12,13)14)7(16-19)8(17)9(18)15-4/h1-2,19H,(H,15,18)/b16-7-. The summed E-state index contributed by atoms with van der Waals surface area (Å²) in [5.74, 6) is -2.49. The van der Waals surface area contributed by atoms with Gasteiger partial charge in [-0.15, -0.1) is 0 Å². The van der Waals surface area contributed by atoms with Gasteiger partial charge in [0.1, 0.15) is 0 Å². The molecule has 1 aromatic carbocycles. The predicted octanol–water partition coefficient (Wildman–Crippen LogP) is 2.17. The molecule has 0 atom stereocenters. The van der Waals surface area contributed by atoms with E-state index in [9.17, 15) is 22.8 Å². The summed E-state index contributed by atoms with van der Waals surface area (Å²) in [6.07, 6.45) is -4.79. The molecule has 0 bridgehead atoms. The highest BCUT2D eigenvalue weighted by atomic mass is 79.9. The monoisotopic (exact) mass is 336 g/mol. The van der Waals surface area contributed by atoms with Crippen LogP contribution in [0.5, 0.6) is 0 Å². The van der Waals surface area contributed by atoms with Gasteiger partial charge in [-0.3, -0.25) is 9.59 Å². The van der Waals surface area contributed by atoms with Crippen LogP contribution in [0.3, 0.4) is 0 Å². The highest BCUT2D eigenvalue weighted by Crippen LogP contribution is 2.41. The molecule has 1 aromatic rings. The third kappa shape index (κ3) is 2.09. The number of nitrogens with one attached hydrogen (secondary N) is 1. The number of Topliss-reactive ketones (excluding diaryl/α,β-unsaturated/α-hetero) is 1. The van der Waals surface area contributed by atoms with Crippen molar-refractivity contribution in [2.75, 3.05) is 5.32 Å². The Morgan fingerprint density at radius 1 is 1.26 bits per heavy atom. The number of anilines is 1. The van der Waals surface area contributed by atoms with Crippen molar-refractivity contribution in [1.29, 1.82) is 0 Å². The Labute approximate surface area is 112 Å². The number of nitrogens with zero attached hydrogens (tertiary/aromatic N) is 1. The van der Waals surface area contributed by atoms with Crippen LogP contribution in [-0.2, 0) is 15.8 Å². The number of ketones is 1. The smallest absolute Gasteiger partial charge is 0.410 e. The van der Waals surface area contributed by atoms with Crippen molar-refractivity contribution in [2.45, 2.75) is 6.18 Å². The summed E-state index contributed by atoms with van der Waals surface area (Å²) in [6.45, 7) is 0. The lowest BCUT2D eigenvalue weighted by molar-refractivity contribution is -0.138. The number of carbonyl (C=O) groups excluding carboxylic acids is 2. The van der Waals surface area contributed by atoms with E-state index in [1.54, 1.807) is 0 Å². The number of amides is 1. The number of carbonyl (C=O) groups is 2. The Morgan fingerprint density at radius 2 is 1.89 bits per heavy atom. The second kappa shape index (κ2) is 4.34. The maximum Gasteiger partial charge on any atom is 0.418 e. The average molecular weight is 337 g/mol. The van der Waals surface area contributed by atoms with Gasteiger partial charge in [0.2, 0.25) is 0 Å². The van der Waals surface area contributed by atoms with E-state index >= 15 is 0 Å². The van der Waals surface area contributed by atoms with Crippen LogP contribution in [0.4, 0.5) is 18.9 Å². The van der Waals surface area contributed by atoms with Crippen molar-refractivity contribution in [3.8, 4) is 0 Å². The minimum atomic E-state index is -4.79. The highest BCUT2D eigenvalue weighted by Gasteiger charge is 2.43. The summed E-state index contributed by atoms with van der Waals surface area (Å²) < 4.78 is 38.6. The third-order valence-corrected chi connectivity index (χ3v) is 3.11. The van der Waals surface area contributed by atoms with Gasteiger partial charge in [0.15, 0.2) is 5.71 Å². The number of alkyl halides is 3. The van der Waals surface area contributed by atoms with Gasteiger partial charge in [0.05, 0.1) is 11.3 Å². The van der Waals surface area contributed by atoms with Crippen LogP contribution in [0.15, 0.2) is 21.8 Å². The summed E-state index contributed by atoms with van der Waals surface area (Å²) in [7, 11) is 0. The molecule has 19 heavy (non-hydrogen) atoms. The van der Waals surface area contributed by atoms with E-state index in [0.29, 0.717) is 0 Å². The van der Waals surface area contributed by atoms with Crippen LogP contribution >= 0.6 is 15.9 Å². The lowest BCUT2D eigenvalue weighted by atomic mass is 9.94. The number of hydrogen-bond donors (Lipinski definition) is 2. The number of benzene rings is 1. The van der Waals surface area contributed by atoms with Crippen LogP contribution in [0.1, 0.15) is 11.1 Å². The molecule has 1 aliphatic heterocycles. The lowest BCUT2D eigenvalue weighted by Crippen LogP contribution is -2.37. The first-order chi connectivity index (χ1) is 8.77. The molecule has 0 saturated heterocycles. The highest BCUT2D eigenvalue weighted by molar-refractivity contribution is 9.10. The molecule has 2 N–H and O–H groups in total. The minimum absolute atomic E-state index is 0.243. The van der Waals surface area contributed by atoms with Crippen molar-refractivity contribution in [3.63, 3.8) is 0 Å². The molecule has 0 unspecified atom stereocenters. The lowest BCUT2D eigenvalue weighted by Gasteiger charge is -2.22. The first-order valence-electron chi connectivity index (χ1n) is 4.75. The van der Waals surface area contributed by atoms with E-state index in [2.05, 4.69) is 21.1 Å². The van der Waals surface area contributed by atoms with Gasteiger partial charge in [-0.25, -0.2) is 0 Å². The molecule has 1 aliphatic rings. The Hall–Kier alpha value is -1.90. The maximum atomic E-state index is 13.0. The molecule has 0 spiro atoms. The number of oxime groups is 1. The maximum absolute atomic E-state index is 13.0. The number of rotatable bonds is 0. The summed E-state index contributed by atoms with van der Waals surface area (Å²) >= 11 is 2.72. The second-order valence-electron chi connectivity index (χ2n) is 3.57.